The van der Waals surface area contributed by atoms with Gasteiger partial charge in [-0.3, -0.25) is 4.79 Å². The molecular weight excluding hydrogens is 550 g/mol. The maximum Gasteiger partial charge on any atom is 0.251 e. The number of nitrogens with one attached hydrogen (secondary N) is 1. The van der Waals surface area contributed by atoms with Crippen molar-refractivity contribution >= 4 is 18.1 Å². The monoisotopic (exact) mass is 607 g/mol. The van der Waals surface area contributed by atoms with Gasteiger partial charge < -0.3 is 25.7 Å². The number of carbonyl (C=O) groups excluding carboxylic acids is 1. The molecule has 0 saturated heterocycles. The fraction of sp³-hybridized carbons (Fsp3) is 0.553. The maximum atomic E-state index is 12.6. The van der Waals surface area contributed by atoms with Gasteiger partial charge in [0.2, 0.25) is 0 Å². The Morgan fingerprint density at radius 2 is 1.02 bits per heavy atom. The minimum absolute atomic E-state index is 0.144. The van der Waals surface area contributed by atoms with Crippen LogP contribution in [0.25, 0.3) is 12.2 Å². The number of aliphatic hydroxyl groups is 4. The predicted molar refractivity (Wildman–Crippen MR) is 183 cm³/mol. The van der Waals surface area contributed by atoms with E-state index in [-0.39, 0.29) is 17.4 Å². The van der Waals surface area contributed by atoms with E-state index in [0.717, 1.165) is 12.8 Å². The first kappa shape index (κ1) is 37.1. The van der Waals surface area contributed by atoms with Crippen LogP contribution in [0.1, 0.15) is 131 Å². The number of unbranched alkanes of at least 4 members (excludes halogenated alkanes) is 15. The minimum Gasteiger partial charge on any atom is -0.511 e. The molecule has 2 aromatic carbocycles. The van der Waals surface area contributed by atoms with Crippen molar-refractivity contribution in [3.8, 4) is 0 Å². The SMILES string of the molecule is CCCCCCCCCCCCCCCCCCNC(=O)c1ccc(C=C(O)C(CO)(CO)C(O)=Cc2ccccc2)cc1. The van der Waals surface area contributed by atoms with Crippen molar-refractivity contribution in [1.29, 1.82) is 0 Å². The van der Waals surface area contributed by atoms with E-state index in [0.29, 0.717) is 23.2 Å². The number of hydrogen-bond acceptors (Lipinski definition) is 5. The van der Waals surface area contributed by atoms with Gasteiger partial charge in [0.25, 0.3) is 5.91 Å². The Bertz CT molecular complexity index is 1090. The van der Waals surface area contributed by atoms with Crippen molar-refractivity contribution in [2.45, 2.75) is 110 Å². The van der Waals surface area contributed by atoms with E-state index in [1.54, 1.807) is 48.5 Å². The molecule has 0 spiro atoms. The zero-order valence-corrected chi connectivity index (χ0v) is 27.0. The molecule has 1 amide bonds. The Morgan fingerprint density at radius 1 is 0.614 bits per heavy atom. The van der Waals surface area contributed by atoms with E-state index in [2.05, 4.69) is 12.2 Å². The van der Waals surface area contributed by atoms with E-state index >= 15 is 0 Å². The number of carbonyl (C=O) groups is 1. The zero-order valence-electron chi connectivity index (χ0n) is 27.0. The quantitative estimate of drug-likeness (QED) is 0.0604. The lowest BCUT2D eigenvalue weighted by molar-refractivity contribution is 0.0487. The van der Waals surface area contributed by atoms with Gasteiger partial charge in [-0.2, -0.15) is 0 Å². The first-order valence-electron chi connectivity index (χ1n) is 16.9. The molecule has 6 heteroatoms. The van der Waals surface area contributed by atoms with Crippen molar-refractivity contribution in [2.75, 3.05) is 19.8 Å². The largest absolute Gasteiger partial charge is 0.511 e. The van der Waals surface area contributed by atoms with Crippen molar-refractivity contribution in [3.05, 3.63) is 82.8 Å². The van der Waals surface area contributed by atoms with Gasteiger partial charge in [0.15, 0.2) is 0 Å². The van der Waals surface area contributed by atoms with Crippen LogP contribution in [0.5, 0.6) is 0 Å². The first-order valence-corrected chi connectivity index (χ1v) is 16.9. The normalized spacial score (nSPS) is 12.4. The molecule has 6 nitrogen and oxygen atoms in total. The number of rotatable bonds is 24. The zero-order chi connectivity index (χ0) is 31.9. The topological polar surface area (TPSA) is 110 Å². The maximum absolute atomic E-state index is 12.6. The smallest absolute Gasteiger partial charge is 0.251 e. The summed E-state index contributed by atoms with van der Waals surface area (Å²) in [7, 11) is 0. The predicted octanol–water partition coefficient (Wildman–Crippen LogP) is 9.15. The molecule has 0 aliphatic heterocycles. The van der Waals surface area contributed by atoms with Crippen LogP contribution in [-0.2, 0) is 0 Å². The van der Waals surface area contributed by atoms with Crippen LogP contribution in [0.2, 0.25) is 0 Å². The van der Waals surface area contributed by atoms with E-state index in [4.69, 9.17) is 0 Å². The second kappa shape index (κ2) is 22.4. The molecule has 0 heterocycles. The van der Waals surface area contributed by atoms with Crippen molar-refractivity contribution < 1.29 is 25.2 Å². The van der Waals surface area contributed by atoms with Gasteiger partial charge in [-0.1, -0.05) is 146 Å². The molecule has 0 aliphatic carbocycles. The van der Waals surface area contributed by atoms with Crippen LogP contribution in [0.4, 0.5) is 0 Å². The number of benzene rings is 2. The minimum atomic E-state index is -1.75. The summed E-state index contributed by atoms with van der Waals surface area (Å²) in [6, 6.07) is 15.7. The van der Waals surface area contributed by atoms with Gasteiger partial charge in [0, 0.05) is 12.1 Å². The van der Waals surface area contributed by atoms with Crippen molar-refractivity contribution in [2.24, 2.45) is 5.41 Å². The van der Waals surface area contributed by atoms with Gasteiger partial charge >= 0.3 is 0 Å². The molecule has 2 rings (SSSR count). The summed E-state index contributed by atoms with van der Waals surface area (Å²) in [4.78, 5) is 12.6. The average Bonchev–Trinajstić information content (AvgIpc) is 3.04. The molecule has 0 aromatic heterocycles. The summed E-state index contributed by atoms with van der Waals surface area (Å²) in [5.74, 6) is -0.880. The van der Waals surface area contributed by atoms with Gasteiger partial charge in [-0.15, -0.1) is 0 Å². The number of amides is 1. The first-order chi connectivity index (χ1) is 21.5. The van der Waals surface area contributed by atoms with E-state index in [9.17, 15) is 25.2 Å². The van der Waals surface area contributed by atoms with Gasteiger partial charge in [-0.25, -0.2) is 0 Å². The van der Waals surface area contributed by atoms with Crippen LogP contribution in [0, 0.1) is 5.41 Å². The molecule has 5 N–H and O–H groups in total. The molecule has 0 radical (unpaired) electrons. The molecule has 0 aliphatic rings. The highest BCUT2D eigenvalue weighted by molar-refractivity contribution is 5.94. The lowest BCUT2D eigenvalue weighted by Gasteiger charge is -2.28. The highest BCUT2D eigenvalue weighted by Gasteiger charge is 2.38. The van der Waals surface area contributed by atoms with Crippen LogP contribution in [0.3, 0.4) is 0 Å². The summed E-state index contributed by atoms with van der Waals surface area (Å²) in [5.41, 5.74) is -0.00560. The highest BCUT2D eigenvalue weighted by atomic mass is 16.3. The van der Waals surface area contributed by atoms with E-state index < -0.39 is 18.6 Å². The standard InChI is InChI=1S/C38H57NO5/c1-2-3-4-5-6-7-8-9-10-11-12-13-14-15-16-20-27-39-37(44)34-25-23-33(24-26-34)29-36(43)38(30-40,31-41)35(42)28-32-21-18-17-19-22-32/h17-19,21-26,28-29,40-43H,2-16,20,27,30-31H2,1H3,(H,39,44). The van der Waals surface area contributed by atoms with Crippen molar-refractivity contribution in [3.63, 3.8) is 0 Å². The molecule has 44 heavy (non-hydrogen) atoms. The van der Waals surface area contributed by atoms with Crippen molar-refractivity contribution in [1.82, 2.24) is 5.32 Å². The Hall–Kier alpha value is -3.09. The fourth-order valence-electron chi connectivity index (χ4n) is 5.35. The Kier molecular flexibility index (Phi) is 18.9. The van der Waals surface area contributed by atoms with Gasteiger partial charge in [-0.05, 0) is 41.8 Å². The molecule has 244 valence electrons. The summed E-state index contributed by atoms with van der Waals surface area (Å²) in [6.07, 6.45) is 23.8. The van der Waals surface area contributed by atoms with Gasteiger partial charge in [0.1, 0.15) is 16.9 Å². The third-order valence-corrected chi connectivity index (χ3v) is 8.42. The lowest BCUT2D eigenvalue weighted by atomic mass is 9.83. The third kappa shape index (κ3) is 13.7. The van der Waals surface area contributed by atoms with Crippen LogP contribution < -0.4 is 5.32 Å². The number of aliphatic hydroxyl groups excluding tert-OH is 4. The van der Waals surface area contributed by atoms with E-state index in [1.807, 2.05) is 6.07 Å². The lowest BCUT2D eigenvalue weighted by Crippen LogP contribution is -2.34. The van der Waals surface area contributed by atoms with Crippen LogP contribution in [-0.4, -0.2) is 46.1 Å². The highest BCUT2D eigenvalue weighted by Crippen LogP contribution is 2.34. The van der Waals surface area contributed by atoms with Crippen LogP contribution >= 0.6 is 0 Å². The Labute approximate surface area is 265 Å². The Morgan fingerprint density at radius 3 is 1.45 bits per heavy atom. The summed E-state index contributed by atoms with van der Waals surface area (Å²) in [5, 5.41) is 44.5. The fourth-order valence-corrected chi connectivity index (χ4v) is 5.35. The number of hydrogen-bond donors (Lipinski definition) is 5. The van der Waals surface area contributed by atoms with Crippen LogP contribution in [0.15, 0.2) is 66.1 Å². The molecule has 0 bridgehead atoms. The molecule has 0 unspecified atom stereocenters. The third-order valence-electron chi connectivity index (χ3n) is 8.42. The molecule has 0 fully saturated rings. The molecule has 2 aromatic rings. The van der Waals surface area contributed by atoms with Gasteiger partial charge in [0.05, 0.1) is 13.2 Å². The molecule has 0 saturated carbocycles. The summed E-state index contributed by atoms with van der Waals surface area (Å²) in [6.45, 7) is 1.52. The molecule has 0 atom stereocenters. The second-order valence-corrected chi connectivity index (χ2v) is 12.0. The summed E-state index contributed by atoms with van der Waals surface area (Å²) < 4.78 is 0. The average molecular weight is 608 g/mol. The Balaban J connectivity index is 1.65. The second-order valence-electron chi connectivity index (χ2n) is 12.0. The summed E-state index contributed by atoms with van der Waals surface area (Å²) >= 11 is 0. The molecular formula is C38H57NO5. The van der Waals surface area contributed by atoms with E-state index in [1.165, 1.54) is 102 Å².